The molecule has 1 N–H and O–H groups in total. The van der Waals surface area contributed by atoms with Gasteiger partial charge in [-0.3, -0.25) is 0 Å². The third kappa shape index (κ3) is 4.05. The van der Waals surface area contributed by atoms with Gasteiger partial charge in [-0.1, -0.05) is 11.6 Å². The average molecular weight is 435 g/mol. The van der Waals surface area contributed by atoms with Gasteiger partial charge in [0.2, 0.25) is 10.0 Å². The number of piperidine rings is 1. The van der Waals surface area contributed by atoms with Crippen LogP contribution in [0.1, 0.15) is 30.6 Å². The molecule has 0 atom stereocenters. The van der Waals surface area contributed by atoms with E-state index in [4.69, 9.17) is 11.6 Å². The molecule has 1 aromatic heterocycles. The van der Waals surface area contributed by atoms with Gasteiger partial charge in [0.25, 0.3) is 0 Å². The largest absolute Gasteiger partial charge is 0.314 e. The van der Waals surface area contributed by atoms with E-state index in [-0.39, 0.29) is 12.4 Å². The topological polar surface area (TPSA) is 49.4 Å². The lowest BCUT2D eigenvalue weighted by molar-refractivity contribution is 0.288. The maximum absolute atomic E-state index is 13.2. The van der Waals surface area contributed by atoms with Crippen LogP contribution in [0.2, 0.25) is 5.02 Å². The number of nitrogens with zero attached hydrogens (tertiary/aromatic N) is 1. The summed E-state index contributed by atoms with van der Waals surface area (Å²) >= 11 is 7.63. The highest BCUT2D eigenvalue weighted by Gasteiger charge is 2.33. The van der Waals surface area contributed by atoms with Crippen LogP contribution in [-0.2, 0) is 10.0 Å². The Morgan fingerprint density at radius 1 is 1.23 bits per heavy atom. The summed E-state index contributed by atoms with van der Waals surface area (Å²) in [4.78, 5) is 1.28. The standard InChI is InChI=1S/C18H23ClN2O2S2.ClH/c1-12-18(16-10-14(19)4-5-17(16)24-12)25(22,23)21-8-6-15(7-9-21)20-11-13-2-3-13;/h4-5,10,13,15,20H,2-3,6-9,11H2,1H3;1H. The number of halogens is 2. The second-order valence-corrected chi connectivity index (χ2v) is 10.7. The summed E-state index contributed by atoms with van der Waals surface area (Å²) in [5.74, 6) is 0.853. The third-order valence-corrected chi connectivity index (χ3v) is 8.75. The monoisotopic (exact) mass is 434 g/mol. The molecular formula is C18H24Cl2N2O2S2. The molecule has 2 aliphatic rings. The molecule has 2 heterocycles. The van der Waals surface area contributed by atoms with Crippen LogP contribution >= 0.6 is 35.3 Å². The number of aryl methyl sites for hydroxylation is 1. The molecule has 2 aromatic rings. The van der Waals surface area contributed by atoms with E-state index >= 15 is 0 Å². The van der Waals surface area contributed by atoms with E-state index in [0.717, 1.165) is 40.3 Å². The Labute approximate surface area is 170 Å². The Bertz CT molecular complexity index is 886. The lowest BCUT2D eigenvalue weighted by Crippen LogP contribution is -2.45. The van der Waals surface area contributed by atoms with Gasteiger partial charge in [0.15, 0.2) is 0 Å². The van der Waals surface area contributed by atoms with Crippen molar-refractivity contribution >= 4 is 55.5 Å². The van der Waals surface area contributed by atoms with Gasteiger partial charge in [-0.15, -0.1) is 23.7 Å². The van der Waals surface area contributed by atoms with Gasteiger partial charge in [-0.2, -0.15) is 4.31 Å². The number of rotatable bonds is 5. The molecule has 4 nitrogen and oxygen atoms in total. The number of hydrogen-bond donors (Lipinski definition) is 1. The van der Waals surface area contributed by atoms with Crippen LogP contribution < -0.4 is 5.32 Å². The molecule has 1 aliphatic carbocycles. The highest BCUT2D eigenvalue weighted by atomic mass is 35.5. The molecule has 144 valence electrons. The van der Waals surface area contributed by atoms with Gasteiger partial charge >= 0.3 is 0 Å². The molecule has 0 spiro atoms. The van der Waals surface area contributed by atoms with E-state index in [1.165, 1.54) is 24.2 Å². The molecular weight excluding hydrogens is 411 g/mol. The lowest BCUT2D eigenvalue weighted by atomic mass is 10.1. The van der Waals surface area contributed by atoms with Crippen LogP contribution in [0.3, 0.4) is 0 Å². The molecule has 1 saturated carbocycles. The van der Waals surface area contributed by atoms with Crippen molar-refractivity contribution in [3.8, 4) is 0 Å². The van der Waals surface area contributed by atoms with Gasteiger partial charge in [-0.25, -0.2) is 8.42 Å². The van der Waals surface area contributed by atoms with Gasteiger partial charge in [0.05, 0.1) is 0 Å². The first-order chi connectivity index (χ1) is 11.9. The summed E-state index contributed by atoms with van der Waals surface area (Å²) < 4.78 is 29.1. The number of benzene rings is 1. The van der Waals surface area contributed by atoms with Crippen LogP contribution in [0.4, 0.5) is 0 Å². The Kier molecular flexibility index (Phi) is 6.22. The molecule has 4 rings (SSSR count). The van der Waals surface area contributed by atoms with Crippen molar-refractivity contribution in [2.75, 3.05) is 19.6 Å². The maximum Gasteiger partial charge on any atom is 0.244 e. The zero-order chi connectivity index (χ0) is 17.6. The average Bonchev–Trinajstić information content (AvgIpc) is 3.34. The van der Waals surface area contributed by atoms with Crippen LogP contribution in [0, 0.1) is 12.8 Å². The van der Waals surface area contributed by atoms with Crippen molar-refractivity contribution in [2.45, 2.75) is 43.5 Å². The lowest BCUT2D eigenvalue weighted by Gasteiger charge is -2.32. The fourth-order valence-electron chi connectivity index (χ4n) is 3.57. The molecule has 0 amide bonds. The van der Waals surface area contributed by atoms with Crippen LogP contribution in [-0.4, -0.2) is 38.4 Å². The molecule has 1 saturated heterocycles. The van der Waals surface area contributed by atoms with Crippen molar-refractivity contribution in [2.24, 2.45) is 5.92 Å². The van der Waals surface area contributed by atoms with Crippen molar-refractivity contribution in [3.63, 3.8) is 0 Å². The SMILES string of the molecule is Cc1sc2ccc(Cl)cc2c1S(=O)(=O)N1CCC(NCC2CC2)CC1.Cl. The zero-order valence-corrected chi connectivity index (χ0v) is 17.9. The summed E-state index contributed by atoms with van der Waals surface area (Å²) in [7, 11) is -3.48. The fraction of sp³-hybridized carbons (Fsp3) is 0.556. The first-order valence-electron chi connectivity index (χ1n) is 8.87. The molecule has 1 aliphatic heterocycles. The van der Waals surface area contributed by atoms with E-state index in [1.807, 2.05) is 19.1 Å². The van der Waals surface area contributed by atoms with E-state index in [9.17, 15) is 8.42 Å². The predicted octanol–water partition coefficient (Wildman–Crippen LogP) is 4.44. The van der Waals surface area contributed by atoms with Crippen molar-refractivity contribution < 1.29 is 8.42 Å². The van der Waals surface area contributed by atoms with Crippen LogP contribution in [0.25, 0.3) is 10.1 Å². The summed E-state index contributed by atoms with van der Waals surface area (Å²) in [5, 5.41) is 4.93. The molecule has 1 aromatic carbocycles. The number of nitrogens with one attached hydrogen (secondary N) is 1. The highest BCUT2D eigenvalue weighted by molar-refractivity contribution is 7.89. The Balaban J connectivity index is 0.00000196. The first kappa shape index (κ1) is 20.4. The van der Waals surface area contributed by atoms with E-state index < -0.39 is 10.0 Å². The minimum absolute atomic E-state index is 0. The number of sulfonamides is 1. The molecule has 26 heavy (non-hydrogen) atoms. The summed E-state index contributed by atoms with van der Waals surface area (Å²) in [5.41, 5.74) is 0. The van der Waals surface area contributed by atoms with E-state index in [2.05, 4.69) is 5.32 Å². The smallest absolute Gasteiger partial charge is 0.244 e. The molecule has 0 unspecified atom stereocenters. The third-order valence-electron chi connectivity index (χ3n) is 5.21. The van der Waals surface area contributed by atoms with E-state index in [1.54, 1.807) is 10.4 Å². The zero-order valence-electron chi connectivity index (χ0n) is 14.7. The van der Waals surface area contributed by atoms with Gasteiger partial charge in [0.1, 0.15) is 4.90 Å². The summed E-state index contributed by atoms with van der Waals surface area (Å²) in [6.45, 7) is 4.14. The van der Waals surface area contributed by atoms with Crippen LogP contribution in [0.5, 0.6) is 0 Å². The van der Waals surface area contributed by atoms with Gasteiger partial charge < -0.3 is 5.32 Å². The minimum atomic E-state index is -3.48. The number of thiophene rings is 1. The fourth-order valence-corrected chi connectivity index (χ4v) is 6.95. The summed E-state index contributed by atoms with van der Waals surface area (Å²) in [6, 6.07) is 5.94. The number of fused-ring (bicyclic) bond motifs is 1. The van der Waals surface area contributed by atoms with E-state index in [0.29, 0.717) is 29.0 Å². The quantitative estimate of drug-likeness (QED) is 0.756. The normalized spacial score (nSPS) is 19.6. The first-order valence-corrected chi connectivity index (χ1v) is 11.5. The predicted molar refractivity (Wildman–Crippen MR) is 111 cm³/mol. The minimum Gasteiger partial charge on any atom is -0.314 e. The highest BCUT2D eigenvalue weighted by Crippen LogP contribution is 2.38. The van der Waals surface area contributed by atoms with Crippen LogP contribution in [0.15, 0.2) is 23.1 Å². The van der Waals surface area contributed by atoms with Crippen molar-refractivity contribution in [1.29, 1.82) is 0 Å². The number of hydrogen-bond acceptors (Lipinski definition) is 4. The Morgan fingerprint density at radius 3 is 2.58 bits per heavy atom. The Morgan fingerprint density at radius 2 is 1.92 bits per heavy atom. The van der Waals surface area contributed by atoms with Gasteiger partial charge in [0, 0.05) is 39.1 Å². The maximum atomic E-state index is 13.2. The van der Waals surface area contributed by atoms with Crippen molar-refractivity contribution in [3.05, 3.63) is 28.1 Å². The van der Waals surface area contributed by atoms with Gasteiger partial charge in [-0.05, 0) is 63.3 Å². The molecule has 2 fully saturated rings. The molecule has 0 radical (unpaired) electrons. The van der Waals surface area contributed by atoms with Crippen molar-refractivity contribution in [1.82, 2.24) is 9.62 Å². The molecule has 8 heteroatoms. The Hall–Kier alpha value is -0.370. The second kappa shape index (κ2) is 7.94. The molecule has 0 bridgehead atoms. The second-order valence-electron chi connectivity index (χ2n) is 7.16. The summed E-state index contributed by atoms with van der Waals surface area (Å²) in [6.07, 6.45) is 4.45.